The van der Waals surface area contributed by atoms with Crippen LogP contribution in [0.1, 0.15) is 19.4 Å². The van der Waals surface area contributed by atoms with Crippen LogP contribution in [-0.4, -0.2) is 43.5 Å². The summed E-state index contributed by atoms with van der Waals surface area (Å²) < 4.78 is 14.7. The van der Waals surface area contributed by atoms with Crippen LogP contribution in [0.2, 0.25) is 0 Å². The van der Waals surface area contributed by atoms with Gasteiger partial charge >= 0.3 is 11.9 Å². The zero-order valence-electron chi connectivity index (χ0n) is 14.8. The van der Waals surface area contributed by atoms with E-state index in [1.165, 1.54) is 0 Å². The molecule has 0 radical (unpaired) electrons. The average Bonchev–Trinajstić information content (AvgIpc) is 2.60. The van der Waals surface area contributed by atoms with Gasteiger partial charge < -0.3 is 19.3 Å². The van der Waals surface area contributed by atoms with Crippen LogP contribution >= 0.6 is 0 Å². The van der Waals surface area contributed by atoms with Gasteiger partial charge in [-0.3, -0.25) is 0 Å². The fourth-order valence-corrected chi connectivity index (χ4v) is 1.34. The predicted octanol–water partition coefficient (Wildman–Crippen LogP) is 2.42. The number of ether oxygens (including phenoxy) is 3. The number of aliphatic hydroxyl groups excluding tert-OH is 1. The van der Waals surface area contributed by atoms with Crippen LogP contribution in [0.5, 0.6) is 0 Å². The van der Waals surface area contributed by atoms with Crippen LogP contribution in [0.4, 0.5) is 0 Å². The van der Waals surface area contributed by atoms with Crippen LogP contribution in [0.15, 0.2) is 54.6 Å². The van der Waals surface area contributed by atoms with Crippen molar-refractivity contribution in [1.82, 2.24) is 0 Å². The van der Waals surface area contributed by atoms with Crippen LogP contribution in [0.25, 0.3) is 0 Å². The number of hydrogen-bond acceptors (Lipinski definition) is 6. The van der Waals surface area contributed by atoms with Crippen molar-refractivity contribution in [3.8, 4) is 0 Å². The Labute approximate surface area is 148 Å². The molecule has 0 spiro atoms. The number of esters is 2. The summed E-state index contributed by atoms with van der Waals surface area (Å²) in [4.78, 5) is 21.5. The summed E-state index contributed by atoms with van der Waals surface area (Å²) in [5.41, 5.74) is 1.86. The second-order valence-corrected chi connectivity index (χ2v) is 5.09. The molecule has 0 heterocycles. The summed E-state index contributed by atoms with van der Waals surface area (Å²) in [6.45, 7) is 11.1. The molecule has 25 heavy (non-hydrogen) atoms. The third-order valence-corrected chi connectivity index (χ3v) is 2.59. The Bertz CT molecular complexity index is 550. The number of benzene rings is 1. The lowest BCUT2D eigenvalue weighted by atomic mass is 10.2. The molecule has 0 saturated heterocycles. The fraction of sp³-hybridized carbons (Fsp3) is 0.368. The van der Waals surface area contributed by atoms with E-state index in [-0.39, 0.29) is 25.8 Å². The Hall–Kier alpha value is -2.44. The van der Waals surface area contributed by atoms with Crippen LogP contribution in [0, 0.1) is 0 Å². The largest absolute Gasteiger partial charge is 0.460 e. The van der Waals surface area contributed by atoms with Crippen LogP contribution in [0.3, 0.4) is 0 Å². The third kappa shape index (κ3) is 12.6. The summed E-state index contributed by atoms with van der Waals surface area (Å²) in [6.07, 6.45) is 0. The molecule has 0 unspecified atom stereocenters. The Morgan fingerprint density at radius 2 is 1.44 bits per heavy atom. The molecule has 0 amide bonds. The van der Waals surface area contributed by atoms with E-state index in [1.54, 1.807) is 13.8 Å². The number of aliphatic hydroxyl groups is 1. The maximum atomic E-state index is 11.0. The van der Waals surface area contributed by atoms with Crippen molar-refractivity contribution in [2.75, 3.05) is 26.4 Å². The molecule has 0 bridgehead atoms. The molecule has 1 N–H and O–H groups in total. The van der Waals surface area contributed by atoms with Gasteiger partial charge in [0.1, 0.15) is 13.2 Å². The highest BCUT2D eigenvalue weighted by Gasteiger charge is 2.02. The first kappa shape index (κ1) is 22.6. The van der Waals surface area contributed by atoms with Crippen LogP contribution < -0.4 is 0 Å². The summed E-state index contributed by atoms with van der Waals surface area (Å²) in [7, 11) is 0. The number of carbonyl (C=O) groups is 2. The molecule has 1 aromatic rings. The maximum Gasteiger partial charge on any atom is 0.333 e. The Morgan fingerprint density at radius 1 is 0.920 bits per heavy atom. The van der Waals surface area contributed by atoms with Gasteiger partial charge in [-0.05, 0) is 19.4 Å². The van der Waals surface area contributed by atoms with Gasteiger partial charge in [-0.15, -0.1) is 0 Å². The first-order valence-electron chi connectivity index (χ1n) is 7.76. The van der Waals surface area contributed by atoms with Crippen molar-refractivity contribution in [1.29, 1.82) is 0 Å². The second kappa shape index (κ2) is 13.9. The van der Waals surface area contributed by atoms with E-state index < -0.39 is 5.97 Å². The Kier molecular flexibility index (Phi) is 12.6. The molecule has 0 aliphatic rings. The Balaban J connectivity index is 0.000000547. The molecule has 0 atom stereocenters. The highest BCUT2D eigenvalue weighted by Crippen LogP contribution is 2.00. The van der Waals surface area contributed by atoms with Gasteiger partial charge in [0.15, 0.2) is 0 Å². The lowest BCUT2D eigenvalue weighted by molar-refractivity contribution is -0.141. The smallest absolute Gasteiger partial charge is 0.333 e. The zero-order chi connectivity index (χ0) is 19.1. The van der Waals surface area contributed by atoms with Crippen LogP contribution in [-0.2, 0) is 30.4 Å². The lowest BCUT2D eigenvalue weighted by Crippen LogP contribution is -2.10. The van der Waals surface area contributed by atoms with E-state index in [0.29, 0.717) is 24.4 Å². The SMILES string of the molecule is C=C(C)C(=O)OCCO.C=C(C)C(=O)OCCOCc1ccccc1. The lowest BCUT2D eigenvalue weighted by Gasteiger charge is -2.05. The molecule has 0 saturated carbocycles. The molecule has 1 aromatic carbocycles. The molecule has 0 aliphatic heterocycles. The Morgan fingerprint density at radius 3 is 1.92 bits per heavy atom. The van der Waals surface area contributed by atoms with E-state index in [1.807, 2.05) is 30.3 Å². The molecule has 138 valence electrons. The minimum absolute atomic E-state index is 0.0473. The average molecular weight is 350 g/mol. The topological polar surface area (TPSA) is 82.1 Å². The molecular formula is C19H26O6. The molecule has 6 nitrogen and oxygen atoms in total. The van der Waals surface area contributed by atoms with Crippen molar-refractivity contribution in [3.05, 3.63) is 60.2 Å². The summed E-state index contributed by atoms with van der Waals surface area (Å²) >= 11 is 0. The third-order valence-electron chi connectivity index (χ3n) is 2.59. The fourth-order valence-electron chi connectivity index (χ4n) is 1.34. The predicted molar refractivity (Wildman–Crippen MR) is 94.7 cm³/mol. The van der Waals surface area contributed by atoms with E-state index in [2.05, 4.69) is 17.9 Å². The van der Waals surface area contributed by atoms with E-state index in [0.717, 1.165) is 5.56 Å². The molecule has 6 heteroatoms. The molecule has 0 aromatic heterocycles. The maximum absolute atomic E-state index is 11.0. The van der Waals surface area contributed by atoms with Gasteiger partial charge in [0, 0.05) is 11.1 Å². The summed E-state index contributed by atoms with van der Waals surface area (Å²) in [6, 6.07) is 9.84. The van der Waals surface area contributed by atoms with Gasteiger partial charge in [0.25, 0.3) is 0 Å². The van der Waals surface area contributed by atoms with Crippen molar-refractivity contribution in [3.63, 3.8) is 0 Å². The van der Waals surface area contributed by atoms with Crippen molar-refractivity contribution < 1.29 is 28.9 Å². The monoisotopic (exact) mass is 350 g/mol. The van der Waals surface area contributed by atoms with E-state index >= 15 is 0 Å². The molecular weight excluding hydrogens is 324 g/mol. The van der Waals surface area contributed by atoms with Crippen molar-refractivity contribution >= 4 is 11.9 Å². The quantitative estimate of drug-likeness (QED) is 0.418. The van der Waals surface area contributed by atoms with E-state index in [9.17, 15) is 9.59 Å². The number of hydrogen-bond donors (Lipinski definition) is 1. The number of rotatable bonds is 9. The molecule has 0 fully saturated rings. The normalized spacial score (nSPS) is 9.40. The highest BCUT2D eigenvalue weighted by atomic mass is 16.6. The highest BCUT2D eigenvalue weighted by molar-refractivity contribution is 5.87. The summed E-state index contributed by atoms with van der Waals surface area (Å²) in [5, 5.41) is 8.19. The van der Waals surface area contributed by atoms with E-state index in [4.69, 9.17) is 14.6 Å². The van der Waals surface area contributed by atoms with Gasteiger partial charge in [0.2, 0.25) is 0 Å². The minimum atomic E-state index is -0.455. The number of carbonyl (C=O) groups excluding carboxylic acids is 2. The minimum Gasteiger partial charge on any atom is -0.460 e. The first-order valence-corrected chi connectivity index (χ1v) is 7.76. The first-order chi connectivity index (χ1) is 11.9. The molecule has 0 aliphatic carbocycles. The zero-order valence-corrected chi connectivity index (χ0v) is 14.8. The second-order valence-electron chi connectivity index (χ2n) is 5.09. The molecule has 1 rings (SSSR count). The van der Waals surface area contributed by atoms with Crippen molar-refractivity contribution in [2.45, 2.75) is 20.5 Å². The van der Waals surface area contributed by atoms with Gasteiger partial charge in [-0.2, -0.15) is 0 Å². The van der Waals surface area contributed by atoms with Crippen molar-refractivity contribution in [2.24, 2.45) is 0 Å². The van der Waals surface area contributed by atoms with Gasteiger partial charge in [-0.1, -0.05) is 43.5 Å². The van der Waals surface area contributed by atoms with Gasteiger partial charge in [0.05, 0.1) is 19.8 Å². The van der Waals surface area contributed by atoms with Gasteiger partial charge in [-0.25, -0.2) is 9.59 Å². The summed E-state index contributed by atoms with van der Waals surface area (Å²) in [5.74, 6) is -0.827. The standard InChI is InChI=1S/C13H16O3.C6H10O3/c1-11(2)13(14)16-9-8-15-10-12-6-4-3-5-7-12;1-5(2)6(8)9-4-3-7/h3-7H,1,8-10H2,2H3;7H,1,3-4H2,2H3.